The smallest absolute Gasteiger partial charge is 0.263 e. The van der Waals surface area contributed by atoms with Crippen LogP contribution in [-0.2, 0) is 0 Å². The summed E-state index contributed by atoms with van der Waals surface area (Å²) >= 11 is 8.89. The Balaban J connectivity index is 2.71. The zero-order valence-corrected chi connectivity index (χ0v) is 9.03. The molecule has 0 amide bonds. The van der Waals surface area contributed by atoms with Gasteiger partial charge in [-0.3, -0.25) is 0 Å². The zero-order valence-electron chi connectivity index (χ0n) is 6.69. The average Bonchev–Trinajstić information content (AvgIpc) is 2.45. The molecular formula is C8H4BrClF2N2. The molecule has 0 atom stereocenters. The van der Waals surface area contributed by atoms with Crippen molar-refractivity contribution < 1.29 is 8.78 Å². The Hall–Kier alpha value is -0.680. The predicted molar refractivity (Wildman–Crippen MR) is 53.8 cm³/mol. The lowest BCUT2D eigenvalue weighted by atomic mass is 10.2. The monoisotopic (exact) mass is 280 g/mol. The second-order valence-electron chi connectivity index (χ2n) is 2.73. The number of aromatic amines is 1. The van der Waals surface area contributed by atoms with Crippen molar-refractivity contribution in [1.82, 2.24) is 9.97 Å². The molecule has 0 spiro atoms. The molecular weight excluding hydrogens is 277 g/mol. The number of H-pyrrole nitrogens is 1. The molecule has 1 aromatic carbocycles. The van der Waals surface area contributed by atoms with Gasteiger partial charge in [-0.25, -0.2) is 13.8 Å². The Kier molecular flexibility index (Phi) is 2.45. The summed E-state index contributed by atoms with van der Waals surface area (Å²) in [5.74, 6) is 0. The summed E-state index contributed by atoms with van der Waals surface area (Å²) in [4.78, 5) is 6.78. The molecule has 2 aromatic rings. The van der Waals surface area contributed by atoms with Gasteiger partial charge in [-0.2, -0.15) is 0 Å². The maximum Gasteiger partial charge on any atom is 0.263 e. The maximum atomic E-state index is 12.4. The minimum Gasteiger partial charge on any atom is -0.332 e. The van der Waals surface area contributed by atoms with Gasteiger partial charge in [0, 0.05) is 5.56 Å². The minimum absolute atomic E-state index is 0.112. The van der Waals surface area contributed by atoms with E-state index in [2.05, 4.69) is 25.9 Å². The first kappa shape index (κ1) is 9.86. The van der Waals surface area contributed by atoms with Gasteiger partial charge < -0.3 is 4.98 Å². The van der Waals surface area contributed by atoms with E-state index < -0.39 is 6.43 Å². The van der Waals surface area contributed by atoms with E-state index in [0.717, 1.165) is 0 Å². The molecule has 0 aliphatic rings. The van der Waals surface area contributed by atoms with Gasteiger partial charge in [0.05, 0.1) is 10.5 Å². The van der Waals surface area contributed by atoms with Gasteiger partial charge in [-0.05, 0) is 28.1 Å². The fraction of sp³-hybridized carbons (Fsp3) is 0.125. The largest absolute Gasteiger partial charge is 0.332 e. The quantitative estimate of drug-likeness (QED) is 0.843. The lowest BCUT2D eigenvalue weighted by Crippen LogP contribution is -1.84. The molecule has 1 aromatic heterocycles. The Bertz CT molecular complexity index is 483. The minimum atomic E-state index is -2.53. The van der Waals surface area contributed by atoms with Crippen LogP contribution in [-0.4, -0.2) is 9.97 Å². The highest BCUT2D eigenvalue weighted by molar-refractivity contribution is 9.10. The SMILES string of the molecule is FC(F)c1cc(Cl)c2nc(Br)[nH]c2c1. The highest BCUT2D eigenvalue weighted by atomic mass is 79.9. The van der Waals surface area contributed by atoms with Crippen LogP contribution in [0.4, 0.5) is 8.78 Å². The number of nitrogens with zero attached hydrogens (tertiary/aromatic N) is 1. The molecule has 0 saturated heterocycles. The number of imidazole rings is 1. The number of rotatable bonds is 1. The molecule has 0 saturated carbocycles. The number of hydrogen-bond donors (Lipinski definition) is 1. The number of fused-ring (bicyclic) bond motifs is 1. The van der Waals surface area contributed by atoms with Crippen molar-refractivity contribution in [3.05, 3.63) is 27.5 Å². The molecule has 6 heteroatoms. The third-order valence-electron chi connectivity index (χ3n) is 1.79. The number of benzene rings is 1. The van der Waals surface area contributed by atoms with Crippen molar-refractivity contribution in [1.29, 1.82) is 0 Å². The van der Waals surface area contributed by atoms with Gasteiger partial charge in [0.15, 0.2) is 4.73 Å². The fourth-order valence-electron chi connectivity index (χ4n) is 1.19. The molecule has 2 rings (SSSR count). The van der Waals surface area contributed by atoms with Crippen LogP contribution in [0.25, 0.3) is 11.0 Å². The van der Waals surface area contributed by atoms with Crippen LogP contribution in [0.3, 0.4) is 0 Å². The van der Waals surface area contributed by atoms with Crippen molar-refractivity contribution in [2.45, 2.75) is 6.43 Å². The van der Waals surface area contributed by atoms with E-state index in [0.29, 0.717) is 15.8 Å². The second kappa shape index (κ2) is 3.47. The van der Waals surface area contributed by atoms with E-state index in [1.54, 1.807) is 0 Å². The molecule has 74 valence electrons. The first-order valence-corrected chi connectivity index (χ1v) is 4.88. The Morgan fingerprint density at radius 2 is 2.14 bits per heavy atom. The van der Waals surface area contributed by atoms with Gasteiger partial charge in [0.25, 0.3) is 6.43 Å². The van der Waals surface area contributed by atoms with Crippen molar-refractivity contribution in [3.63, 3.8) is 0 Å². The number of halogens is 4. The third kappa shape index (κ3) is 1.62. The van der Waals surface area contributed by atoms with Gasteiger partial charge in [0.2, 0.25) is 0 Å². The number of aromatic nitrogens is 2. The van der Waals surface area contributed by atoms with Gasteiger partial charge >= 0.3 is 0 Å². The molecule has 0 bridgehead atoms. The first-order valence-electron chi connectivity index (χ1n) is 3.70. The summed E-state index contributed by atoms with van der Waals surface area (Å²) < 4.78 is 25.2. The first-order chi connectivity index (χ1) is 6.58. The molecule has 0 unspecified atom stereocenters. The van der Waals surface area contributed by atoms with Crippen molar-refractivity contribution >= 4 is 38.6 Å². The van der Waals surface area contributed by atoms with Gasteiger partial charge in [0.1, 0.15) is 5.52 Å². The van der Waals surface area contributed by atoms with Crippen molar-refractivity contribution in [2.75, 3.05) is 0 Å². The standard InChI is InChI=1S/C8H4BrClF2N2/c9-8-13-5-2-3(7(11)12)1-4(10)6(5)14-8/h1-2,7H,(H,13,14). The van der Waals surface area contributed by atoms with E-state index >= 15 is 0 Å². The van der Waals surface area contributed by atoms with E-state index in [1.165, 1.54) is 12.1 Å². The third-order valence-corrected chi connectivity index (χ3v) is 2.45. The normalized spacial score (nSPS) is 11.5. The summed E-state index contributed by atoms with van der Waals surface area (Å²) in [6.07, 6.45) is -2.53. The maximum absolute atomic E-state index is 12.4. The molecule has 0 fully saturated rings. The highest BCUT2D eigenvalue weighted by Gasteiger charge is 2.12. The molecule has 2 nitrogen and oxygen atoms in total. The second-order valence-corrected chi connectivity index (χ2v) is 3.89. The fourth-order valence-corrected chi connectivity index (χ4v) is 1.85. The summed E-state index contributed by atoms with van der Waals surface area (Å²) in [6, 6.07) is 2.56. The molecule has 0 radical (unpaired) electrons. The lowest BCUT2D eigenvalue weighted by Gasteiger charge is -2.00. The summed E-state index contributed by atoms with van der Waals surface area (Å²) in [5.41, 5.74) is 0.876. The molecule has 1 heterocycles. The molecule has 1 N–H and O–H groups in total. The lowest BCUT2D eigenvalue weighted by molar-refractivity contribution is 0.151. The van der Waals surface area contributed by atoms with Crippen molar-refractivity contribution in [3.8, 4) is 0 Å². The molecule has 14 heavy (non-hydrogen) atoms. The summed E-state index contributed by atoms with van der Waals surface area (Å²) in [5, 5.41) is 0.222. The van der Waals surface area contributed by atoms with Crippen LogP contribution in [0.15, 0.2) is 16.9 Å². The van der Waals surface area contributed by atoms with Crippen LogP contribution in [0.5, 0.6) is 0 Å². The average molecular weight is 281 g/mol. The van der Waals surface area contributed by atoms with E-state index in [4.69, 9.17) is 11.6 Å². The van der Waals surface area contributed by atoms with Crippen LogP contribution in [0.1, 0.15) is 12.0 Å². The van der Waals surface area contributed by atoms with Crippen LogP contribution < -0.4 is 0 Å². The van der Waals surface area contributed by atoms with Gasteiger partial charge in [-0.1, -0.05) is 11.6 Å². The number of hydrogen-bond acceptors (Lipinski definition) is 1. The van der Waals surface area contributed by atoms with Crippen LogP contribution in [0.2, 0.25) is 5.02 Å². The predicted octanol–water partition coefficient (Wildman–Crippen LogP) is 3.92. The topological polar surface area (TPSA) is 28.7 Å². The zero-order chi connectivity index (χ0) is 10.3. The van der Waals surface area contributed by atoms with Crippen LogP contribution >= 0.6 is 27.5 Å². The number of alkyl halides is 2. The van der Waals surface area contributed by atoms with E-state index in [-0.39, 0.29) is 10.6 Å². The Morgan fingerprint density at radius 3 is 2.79 bits per heavy atom. The van der Waals surface area contributed by atoms with E-state index in [1.807, 2.05) is 0 Å². The summed E-state index contributed by atoms with van der Waals surface area (Å²) in [6.45, 7) is 0. The van der Waals surface area contributed by atoms with Gasteiger partial charge in [-0.15, -0.1) is 0 Å². The Labute approximate surface area is 91.4 Å². The van der Waals surface area contributed by atoms with Crippen LogP contribution in [0, 0.1) is 0 Å². The van der Waals surface area contributed by atoms with E-state index in [9.17, 15) is 8.78 Å². The molecule has 0 aliphatic carbocycles. The number of nitrogens with one attached hydrogen (secondary N) is 1. The summed E-state index contributed by atoms with van der Waals surface area (Å²) in [7, 11) is 0. The molecule has 0 aliphatic heterocycles. The van der Waals surface area contributed by atoms with Crippen molar-refractivity contribution in [2.24, 2.45) is 0 Å². The Morgan fingerprint density at radius 1 is 1.43 bits per heavy atom. The highest BCUT2D eigenvalue weighted by Crippen LogP contribution is 2.29.